The largest absolute Gasteiger partial charge is 0.508 e. The Bertz CT molecular complexity index is 640. The summed E-state index contributed by atoms with van der Waals surface area (Å²) >= 11 is 0. The lowest BCUT2D eigenvalue weighted by Crippen LogP contribution is -2.40. The Morgan fingerprint density at radius 3 is 2.68 bits per heavy atom. The first-order valence-corrected chi connectivity index (χ1v) is 9.67. The Hall–Kier alpha value is -1.44. The molecule has 0 aromatic heterocycles. The molecule has 0 spiro atoms. The second kappa shape index (κ2) is 7.43. The molecule has 1 heterocycles. The topological polar surface area (TPSA) is 29.5 Å². The Kier molecular flexibility index (Phi) is 5.91. The molecule has 25 heavy (non-hydrogen) atoms. The summed E-state index contributed by atoms with van der Waals surface area (Å²) in [5, 5.41) is 9.81. The summed E-state index contributed by atoms with van der Waals surface area (Å²) in [5.74, 6) is 2.04. The molecule has 0 radical (unpaired) electrons. The van der Waals surface area contributed by atoms with E-state index in [-0.39, 0.29) is 11.0 Å². The van der Waals surface area contributed by atoms with Crippen LogP contribution in [-0.2, 0) is 6.42 Å². The van der Waals surface area contributed by atoms with Gasteiger partial charge in [-0.3, -0.25) is 0 Å². The lowest BCUT2D eigenvalue weighted by molar-refractivity contribution is 0.0203. The zero-order valence-corrected chi connectivity index (χ0v) is 17.2. The molecular weight excluding hydrogens is 308 g/mol. The van der Waals surface area contributed by atoms with E-state index in [9.17, 15) is 5.11 Å². The Morgan fingerprint density at radius 2 is 2.04 bits per heavy atom. The first-order chi connectivity index (χ1) is 11.5. The molecule has 1 aromatic carbocycles. The van der Waals surface area contributed by atoms with E-state index in [4.69, 9.17) is 4.74 Å². The molecule has 0 aliphatic carbocycles. The van der Waals surface area contributed by atoms with Crippen LogP contribution in [0.15, 0.2) is 23.8 Å². The highest BCUT2D eigenvalue weighted by atomic mass is 16.5. The minimum atomic E-state index is -0.141. The maximum absolute atomic E-state index is 9.81. The predicted molar refractivity (Wildman–Crippen MR) is 106 cm³/mol. The Balaban J connectivity index is 2.08. The van der Waals surface area contributed by atoms with Crippen molar-refractivity contribution >= 4 is 0 Å². The molecule has 1 atom stereocenters. The molecule has 0 bridgehead atoms. The van der Waals surface area contributed by atoms with E-state index in [1.807, 2.05) is 13.0 Å². The third-order valence-electron chi connectivity index (χ3n) is 5.19. The van der Waals surface area contributed by atoms with Gasteiger partial charge in [0.1, 0.15) is 17.1 Å². The average Bonchev–Trinajstić information content (AvgIpc) is 2.45. The van der Waals surface area contributed by atoms with Gasteiger partial charge in [0, 0.05) is 0 Å². The van der Waals surface area contributed by atoms with E-state index in [2.05, 4.69) is 47.6 Å². The van der Waals surface area contributed by atoms with Crippen LogP contribution >= 0.6 is 0 Å². The summed E-state index contributed by atoms with van der Waals surface area (Å²) in [4.78, 5) is 0. The van der Waals surface area contributed by atoms with Gasteiger partial charge in [0.2, 0.25) is 0 Å². The van der Waals surface area contributed by atoms with Crippen LogP contribution in [0.1, 0.15) is 78.4 Å². The van der Waals surface area contributed by atoms with Crippen molar-refractivity contribution in [1.29, 1.82) is 0 Å². The molecule has 1 aromatic rings. The first-order valence-electron chi connectivity index (χ1n) is 9.67. The number of phenolic OH excluding ortho intramolecular Hbond substituents is 1. The van der Waals surface area contributed by atoms with Crippen LogP contribution < -0.4 is 4.74 Å². The lowest BCUT2D eigenvalue weighted by Gasteiger charge is -2.41. The third-order valence-corrected chi connectivity index (χ3v) is 5.19. The molecule has 2 nitrogen and oxygen atoms in total. The molecule has 1 N–H and O–H groups in total. The molecule has 1 aliphatic heterocycles. The van der Waals surface area contributed by atoms with Gasteiger partial charge in [0.25, 0.3) is 0 Å². The quantitative estimate of drug-likeness (QED) is 0.590. The molecule has 0 saturated heterocycles. The number of aryl methyl sites for hydroxylation is 2. The molecule has 2 heteroatoms. The maximum Gasteiger partial charge on any atom is 0.126 e. The smallest absolute Gasteiger partial charge is 0.126 e. The van der Waals surface area contributed by atoms with E-state index >= 15 is 0 Å². The molecule has 0 saturated carbocycles. The SMILES string of the molecule is C/C(=C\CC(C)(C)C[C@]1(C)CCc2cc(O)cc(C)c2O1)CC(C)C. The van der Waals surface area contributed by atoms with E-state index < -0.39 is 0 Å². The number of hydrogen-bond donors (Lipinski definition) is 1. The van der Waals surface area contributed by atoms with Gasteiger partial charge in [-0.2, -0.15) is 0 Å². The van der Waals surface area contributed by atoms with Crippen molar-refractivity contribution in [3.05, 3.63) is 34.9 Å². The standard InChI is InChI=1S/C23H36O2/c1-16(2)12-17(3)8-10-22(5,6)15-23(7)11-9-19-14-20(24)13-18(4)21(19)25-23/h8,13-14,16,24H,9-12,15H2,1-7H3/b17-8+/t23-/m0/s1. The van der Waals surface area contributed by atoms with E-state index in [1.54, 1.807) is 6.07 Å². The van der Waals surface area contributed by atoms with Gasteiger partial charge in [0.05, 0.1) is 0 Å². The summed E-state index contributed by atoms with van der Waals surface area (Å²) in [5.41, 5.74) is 3.73. The molecule has 140 valence electrons. The summed E-state index contributed by atoms with van der Waals surface area (Å²) in [7, 11) is 0. The van der Waals surface area contributed by atoms with Crippen molar-refractivity contribution in [2.45, 2.75) is 86.2 Å². The van der Waals surface area contributed by atoms with Gasteiger partial charge in [-0.25, -0.2) is 0 Å². The predicted octanol–water partition coefficient (Wildman–Crippen LogP) is 6.58. The fourth-order valence-electron chi connectivity index (χ4n) is 4.24. The lowest BCUT2D eigenvalue weighted by atomic mass is 9.75. The monoisotopic (exact) mass is 344 g/mol. The Morgan fingerprint density at radius 1 is 1.36 bits per heavy atom. The zero-order valence-electron chi connectivity index (χ0n) is 17.2. The molecule has 0 unspecified atom stereocenters. The number of rotatable bonds is 6. The van der Waals surface area contributed by atoms with Crippen LogP contribution in [0.5, 0.6) is 11.5 Å². The van der Waals surface area contributed by atoms with Crippen molar-refractivity contribution in [3.63, 3.8) is 0 Å². The fraction of sp³-hybridized carbons (Fsp3) is 0.652. The van der Waals surface area contributed by atoms with Gasteiger partial charge >= 0.3 is 0 Å². The molecule has 1 aliphatic rings. The summed E-state index contributed by atoms with van der Waals surface area (Å²) < 4.78 is 6.48. The minimum Gasteiger partial charge on any atom is -0.508 e. The molecule has 0 amide bonds. The van der Waals surface area contributed by atoms with Gasteiger partial charge in [0.15, 0.2) is 0 Å². The Labute approximate surface area is 154 Å². The molecule has 0 fully saturated rings. The van der Waals surface area contributed by atoms with Crippen molar-refractivity contribution < 1.29 is 9.84 Å². The number of allylic oxidation sites excluding steroid dienone is 2. The second-order valence-corrected chi connectivity index (χ2v) is 9.50. The van der Waals surface area contributed by atoms with E-state index in [0.29, 0.717) is 5.75 Å². The van der Waals surface area contributed by atoms with Crippen molar-refractivity contribution in [3.8, 4) is 11.5 Å². The van der Waals surface area contributed by atoms with E-state index in [1.165, 1.54) is 12.0 Å². The van der Waals surface area contributed by atoms with Crippen LogP contribution in [0.25, 0.3) is 0 Å². The van der Waals surface area contributed by atoms with Gasteiger partial charge < -0.3 is 9.84 Å². The number of aromatic hydroxyl groups is 1. The van der Waals surface area contributed by atoms with Crippen molar-refractivity contribution in [1.82, 2.24) is 0 Å². The normalized spacial score (nSPS) is 21.2. The zero-order chi connectivity index (χ0) is 18.8. The van der Waals surface area contributed by atoms with Gasteiger partial charge in [-0.15, -0.1) is 0 Å². The highest BCUT2D eigenvalue weighted by molar-refractivity contribution is 5.47. The first kappa shape index (κ1) is 19.9. The third kappa shape index (κ3) is 5.52. The highest BCUT2D eigenvalue weighted by Gasteiger charge is 2.37. The van der Waals surface area contributed by atoms with Crippen LogP contribution in [0, 0.1) is 18.3 Å². The van der Waals surface area contributed by atoms with Gasteiger partial charge in [-0.05, 0) is 87.5 Å². The van der Waals surface area contributed by atoms with Crippen LogP contribution in [-0.4, -0.2) is 10.7 Å². The van der Waals surface area contributed by atoms with Crippen LogP contribution in [0.4, 0.5) is 0 Å². The summed E-state index contributed by atoms with van der Waals surface area (Å²) in [6.07, 6.45) is 7.70. The highest BCUT2D eigenvalue weighted by Crippen LogP contribution is 2.43. The fourth-order valence-corrected chi connectivity index (χ4v) is 4.24. The average molecular weight is 345 g/mol. The molecular formula is C23H36O2. The van der Waals surface area contributed by atoms with Crippen LogP contribution in [0.3, 0.4) is 0 Å². The second-order valence-electron chi connectivity index (χ2n) is 9.50. The number of hydrogen-bond acceptors (Lipinski definition) is 2. The van der Waals surface area contributed by atoms with Gasteiger partial charge in [-0.1, -0.05) is 39.3 Å². The summed E-state index contributed by atoms with van der Waals surface area (Å²) in [6, 6.07) is 3.65. The van der Waals surface area contributed by atoms with E-state index in [0.717, 1.165) is 48.5 Å². The van der Waals surface area contributed by atoms with Crippen molar-refractivity contribution in [2.24, 2.45) is 11.3 Å². The number of ether oxygens (including phenoxy) is 1. The summed E-state index contributed by atoms with van der Waals surface area (Å²) in [6.45, 7) is 15.8. The van der Waals surface area contributed by atoms with Crippen LogP contribution in [0.2, 0.25) is 0 Å². The number of fused-ring (bicyclic) bond motifs is 1. The maximum atomic E-state index is 9.81. The van der Waals surface area contributed by atoms with Crippen molar-refractivity contribution in [2.75, 3.05) is 0 Å². The minimum absolute atomic E-state index is 0.141. The number of phenols is 1. The molecule has 2 rings (SSSR count). The number of benzene rings is 1.